The number of halogens is 1. The summed E-state index contributed by atoms with van der Waals surface area (Å²) in [7, 11) is 1.62. The van der Waals surface area contributed by atoms with Crippen molar-refractivity contribution in [3.63, 3.8) is 0 Å². The summed E-state index contributed by atoms with van der Waals surface area (Å²) in [6.45, 7) is 2.32. The van der Waals surface area contributed by atoms with Gasteiger partial charge in [-0.3, -0.25) is 4.79 Å². The summed E-state index contributed by atoms with van der Waals surface area (Å²) in [6.07, 6.45) is 2.31. The molecule has 0 saturated carbocycles. The monoisotopic (exact) mass is 449 g/mol. The highest BCUT2D eigenvalue weighted by molar-refractivity contribution is 9.10. The van der Waals surface area contributed by atoms with Gasteiger partial charge in [-0.1, -0.05) is 0 Å². The smallest absolute Gasteiger partial charge is 0.255 e. The summed E-state index contributed by atoms with van der Waals surface area (Å²) in [4.78, 5) is 12.5. The molecule has 1 unspecified atom stereocenters. The van der Waals surface area contributed by atoms with Crippen molar-refractivity contribution in [1.82, 2.24) is 0 Å². The van der Waals surface area contributed by atoms with Crippen LogP contribution in [-0.4, -0.2) is 45.5 Å². The highest BCUT2D eigenvalue weighted by Crippen LogP contribution is 2.26. The Hall–Kier alpha value is -2.09. The van der Waals surface area contributed by atoms with E-state index in [0.29, 0.717) is 41.3 Å². The van der Waals surface area contributed by atoms with Gasteiger partial charge < -0.3 is 24.3 Å². The number of ether oxygens (including phenoxy) is 4. The second-order valence-electron chi connectivity index (χ2n) is 6.41. The molecule has 150 valence electrons. The third-order valence-electron chi connectivity index (χ3n) is 4.31. The van der Waals surface area contributed by atoms with E-state index in [2.05, 4.69) is 21.2 Å². The van der Waals surface area contributed by atoms with Crippen LogP contribution in [0.3, 0.4) is 0 Å². The van der Waals surface area contributed by atoms with Gasteiger partial charge in [0.25, 0.3) is 5.91 Å². The Morgan fingerprint density at radius 1 is 1.18 bits per heavy atom. The summed E-state index contributed by atoms with van der Waals surface area (Å²) in [5.74, 6) is 1.23. The first-order valence-electron chi connectivity index (χ1n) is 9.23. The lowest BCUT2D eigenvalue weighted by Gasteiger charge is -2.12. The minimum atomic E-state index is -0.197. The molecule has 7 heteroatoms. The van der Waals surface area contributed by atoms with Gasteiger partial charge in [-0.2, -0.15) is 0 Å². The van der Waals surface area contributed by atoms with Crippen molar-refractivity contribution in [2.75, 3.05) is 38.9 Å². The fourth-order valence-corrected chi connectivity index (χ4v) is 3.29. The normalized spacial score (nSPS) is 16.0. The van der Waals surface area contributed by atoms with Gasteiger partial charge in [0, 0.05) is 25.0 Å². The molecule has 6 nitrogen and oxygen atoms in total. The van der Waals surface area contributed by atoms with Crippen molar-refractivity contribution in [2.45, 2.75) is 18.9 Å². The lowest BCUT2D eigenvalue weighted by molar-refractivity contribution is 0.0679. The molecule has 1 saturated heterocycles. The molecule has 1 aliphatic rings. The maximum absolute atomic E-state index is 12.5. The number of carbonyl (C=O) groups is 1. The molecule has 1 atom stereocenters. The van der Waals surface area contributed by atoms with Gasteiger partial charge in [-0.05, 0) is 71.2 Å². The predicted molar refractivity (Wildman–Crippen MR) is 110 cm³/mol. The number of rotatable bonds is 9. The Labute approximate surface area is 173 Å². The van der Waals surface area contributed by atoms with E-state index in [9.17, 15) is 4.79 Å². The molecule has 1 heterocycles. The third kappa shape index (κ3) is 5.95. The lowest BCUT2D eigenvalue weighted by atomic mass is 10.2. The summed E-state index contributed by atoms with van der Waals surface area (Å²) >= 11 is 3.44. The van der Waals surface area contributed by atoms with E-state index in [1.54, 1.807) is 25.3 Å². The standard InChI is InChI=1S/C21H24BrNO5/c1-25-11-12-27-20-9-4-15(13-19(20)22)21(24)23-16-5-7-17(8-6-16)28-14-18-3-2-10-26-18/h4-9,13,18H,2-3,10-12,14H2,1H3,(H,23,24). The Morgan fingerprint density at radius 3 is 2.68 bits per heavy atom. The largest absolute Gasteiger partial charge is 0.491 e. The first-order valence-corrected chi connectivity index (χ1v) is 10.0. The minimum absolute atomic E-state index is 0.180. The van der Waals surface area contributed by atoms with Gasteiger partial charge in [0.1, 0.15) is 24.7 Å². The minimum Gasteiger partial charge on any atom is -0.491 e. The molecule has 0 spiro atoms. The number of amides is 1. The first kappa shape index (κ1) is 20.6. The number of methoxy groups -OCH3 is 1. The highest BCUT2D eigenvalue weighted by Gasteiger charge is 2.16. The Kier molecular flexibility index (Phi) is 7.71. The molecule has 0 aromatic heterocycles. The molecule has 0 bridgehead atoms. The second kappa shape index (κ2) is 10.5. The topological polar surface area (TPSA) is 66.0 Å². The number of carbonyl (C=O) groups excluding carboxylic acids is 1. The van der Waals surface area contributed by atoms with E-state index in [1.165, 1.54) is 0 Å². The van der Waals surface area contributed by atoms with Gasteiger partial charge in [0.15, 0.2) is 0 Å². The van der Waals surface area contributed by atoms with Gasteiger partial charge >= 0.3 is 0 Å². The maximum atomic E-state index is 12.5. The zero-order valence-electron chi connectivity index (χ0n) is 15.8. The fraction of sp³-hybridized carbons (Fsp3) is 0.381. The van der Waals surface area contributed by atoms with Crippen molar-refractivity contribution in [3.05, 3.63) is 52.5 Å². The molecule has 2 aromatic carbocycles. The number of hydrogen-bond acceptors (Lipinski definition) is 5. The summed E-state index contributed by atoms with van der Waals surface area (Å²) in [6, 6.07) is 12.5. The van der Waals surface area contributed by atoms with Crippen molar-refractivity contribution in [3.8, 4) is 11.5 Å². The van der Waals surface area contributed by atoms with E-state index in [0.717, 1.165) is 25.2 Å². The molecular formula is C21H24BrNO5. The average Bonchev–Trinajstić information content (AvgIpc) is 3.22. The van der Waals surface area contributed by atoms with Gasteiger partial charge in [0.2, 0.25) is 0 Å². The van der Waals surface area contributed by atoms with Crippen molar-refractivity contribution in [1.29, 1.82) is 0 Å². The molecule has 2 aromatic rings. The van der Waals surface area contributed by atoms with Crippen LogP contribution in [-0.2, 0) is 9.47 Å². The molecule has 0 radical (unpaired) electrons. The number of nitrogens with one attached hydrogen (secondary N) is 1. The molecule has 1 amide bonds. The molecule has 1 fully saturated rings. The van der Waals surface area contributed by atoms with Crippen molar-refractivity contribution < 1.29 is 23.7 Å². The summed E-state index contributed by atoms with van der Waals surface area (Å²) < 4.78 is 22.5. The van der Waals surface area contributed by atoms with Crippen LogP contribution in [0.25, 0.3) is 0 Å². The second-order valence-corrected chi connectivity index (χ2v) is 7.27. The van der Waals surface area contributed by atoms with Gasteiger partial charge in [0.05, 0.1) is 17.2 Å². The molecule has 0 aliphatic carbocycles. The van der Waals surface area contributed by atoms with E-state index >= 15 is 0 Å². The van der Waals surface area contributed by atoms with Gasteiger partial charge in [-0.25, -0.2) is 0 Å². The van der Waals surface area contributed by atoms with Crippen LogP contribution < -0.4 is 14.8 Å². The Bertz CT molecular complexity index is 775. The fourth-order valence-electron chi connectivity index (χ4n) is 2.80. The number of anilines is 1. The maximum Gasteiger partial charge on any atom is 0.255 e. The Morgan fingerprint density at radius 2 is 2.00 bits per heavy atom. The van der Waals surface area contributed by atoms with Crippen LogP contribution in [0.2, 0.25) is 0 Å². The van der Waals surface area contributed by atoms with E-state index in [4.69, 9.17) is 18.9 Å². The average molecular weight is 450 g/mol. The Balaban J connectivity index is 1.52. The lowest BCUT2D eigenvalue weighted by Crippen LogP contribution is -2.16. The van der Waals surface area contributed by atoms with Crippen LogP contribution >= 0.6 is 15.9 Å². The van der Waals surface area contributed by atoms with Crippen LogP contribution in [0.15, 0.2) is 46.9 Å². The molecule has 3 rings (SSSR count). The molecular weight excluding hydrogens is 426 g/mol. The summed E-state index contributed by atoms with van der Waals surface area (Å²) in [5, 5.41) is 2.88. The van der Waals surface area contributed by atoms with Crippen LogP contribution in [0, 0.1) is 0 Å². The van der Waals surface area contributed by atoms with Crippen molar-refractivity contribution >= 4 is 27.5 Å². The molecule has 1 N–H and O–H groups in total. The SMILES string of the molecule is COCCOc1ccc(C(=O)Nc2ccc(OCC3CCCO3)cc2)cc1Br. The molecule has 28 heavy (non-hydrogen) atoms. The quantitative estimate of drug-likeness (QED) is 0.578. The zero-order chi connectivity index (χ0) is 19.8. The summed E-state index contributed by atoms with van der Waals surface area (Å²) in [5.41, 5.74) is 1.23. The molecule has 1 aliphatic heterocycles. The van der Waals surface area contributed by atoms with Gasteiger partial charge in [-0.15, -0.1) is 0 Å². The van der Waals surface area contributed by atoms with Crippen molar-refractivity contribution in [2.24, 2.45) is 0 Å². The van der Waals surface area contributed by atoms with Crippen LogP contribution in [0.5, 0.6) is 11.5 Å². The predicted octanol–water partition coefficient (Wildman–Crippen LogP) is 4.28. The third-order valence-corrected chi connectivity index (χ3v) is 4.93. The van der Waals surface area contributed by atoms with Crippen LogP contribution in [0.1, 0.15) is 23.2 Å². The highest BCUT2D eigenvalue weighted by atomic mass is 79.9. The van der Waals surface area contributed by atoms with E-state index in [1.807, 2.05) is 24.3 Å². The number of benzene rings is 2. The zero-order valence-corrected chi connectivity index (χ0v) is 17.4. The van der Waals surface area contributed by atoms with E-state index in [-0.39, 0.29) is 12.0 Å². The van der Waals surface area contributed by atoms with Crippen LogP contribution in [0.4, 0.5) is 5.69 Å². The first-order chi connectivity index (χ1) is 13.7. The van der Waals surface area contributed by atoms with E-state index < -0.39 is 0 Å². The number of hydrogen-bond donors (Lipinski definition) is 1.